The number of hydrogen-bond donors (Lipinski definition) is 1. The Morgan fingerprint density at radius 2 is 1.52 bits per heavy atom. The summed E-state index contributed by atoms with van der Waals surface area (Å²) >= 11 is 6.00. The number of nitrogens with one attached hydrogen (secondary N) is 1. The highest BCUT2D eigenvalue weighted by atomic mass is 35.5. The van der Waals surface area contributed by atoms with Crippen molar-refractivity contribution in [2.45, 2.75) is 6.54 Å². The lowest BCUT2D eigenvalue weighted by molar-refractivity contribution is 1.10. The van der Waals surface area contributed by atoms with Crippen molar-refractivity contribution in [3.05, 3.63) is 95.6 Å². The molecule has 0 saturated carbocycles. The number of nitrogens with zero attached hydrogens (tertiary/aromatic N) is 3. The van der Waals surface area contributed by atoms with E-state index in [0.29, 0.717) is 12.4 Å². The number of benzene rings is 3. The second-order valence-corrected chi connectivity index (χ2v) is 7.21. The van der Waals surface area contributed by atoms with Gasteiger partial charge in [0.1, 0.15) is 11.5 Å². The minimum absolute atomic E-state index is 0.610. The van der Waals surface area contributed by atoms with Crippen LogP contribution in [0.1, 0.15) is 5.56 Å². The summed E-state index contributed by atoms with van der Waals surface area (Å²) < 4.78 is 0. The second-order valence-electron chi connectivity index (χ2n) is 6.77. The molecule has 0 aliphatic carbocycles. The van der Waals surface area contributed by atoms with Gasteiger partial charge in [0.15, 0.2) is 5.82 Å². The number of halogens is 1. The normalized spacial score (nSPS) is 11.1. The number of pyridine rings is 1. The number of anilines is 1. The summed E-state index contributed by atoms with van der Waals surface area (Å²) in [7, 11) is 0. The third kappa shape index (κ3) is 3.50. The van der Waals surface area contributed by atoms with E-state index < -0.39 is 0 Å². The van der Waals surface area contributed by atoms with E-state index in [1.54, 1.807) is 6.20 Å². The Bertz CT molecular complexity index is 1310. The third-order valence-electron chi connectivity index (χ3n) is 4.86. The van der Waals surface area contributed by atoms with Gasteiger partial charge in [-0.25, -0.2) is 9.97 Å². The Morgan fingerprint density at radius 1 is 0.759 bits per heavy atom. The van der Waals surface area contributed by atoms with E-state index in [4.69, 9.17) is 21.6 Å². The fraction of sp³-hybridized carbons (Fsp3) is 0.0417. The average Bonchev–Trinajstić information content (AvgIpc) is 2.78. The van der Waals surface area contributed by atoms with Crippen LogP contribution in [0.3, 0.4) is 0 Å². The summed E-state index contributed by atoms with van der Waals surface area (Å²) in [6.07, 6.45) is 1.80. The van der Waals surface area contributed by atoms with Gasteiger partial charge in [-0.05, 0) is 41.3 Å². The molecule has 4 nitrogen and oxygen atoms in total. The molecule has 0 atom stereocenters. The van der Waals surface area contributed by atoms with Crippen LogP contribution < -0.4 is 5.32 Å². The maximum atomic E-state index is 6.00. The second kappa shape index (κ2) is 7.49. The van der Waals surface area contributed by atoms with Crippen molar-refractivity contribution in [1.82, 2.24) is 15.0 Å². The van der Waals surface area contributed by atoms with Crippen molar-refractivity contribution in [2.75, 3.05) is 5.32 Å². The molecule has 0 radical (unpaired) electrons. The highest BCUT2D eigenvalue weighted by Crippen LogP contribution is 2.28. The molecule has 0 bridgehead atoms. The van der Waals surface area contributed by atoms with Gasteiger partial charge in [-0.1, -0.05) is 60.1 Å². The molecule has 0 fully saturated rings. The number of rotatable bonds is 4. The summed E-state index contributed by atoms with van der Waals surface area (Å²) in [5, 5.41) is 7.32. The SMILES string of the molecule is Clc1ccc(CNc2nc(-c3nccc4ccccc34)nc3ccccc23)cc1. The van der Waals surface area contributed by atoms with Crippen molar-refractivity contribution >= 4 is 39.1 Å². The highest BCUT2D eigenvalue weighted by molar-refractivity contribution is 6.30. The van der Waals surface area contributed by atoms with E-state index in [2.05, 4.69) is 22.4 Å². The van der Waals surface area contributed by atoms with Gasteiger partial charge in [0.2, 0.25) is 0 Å². The van der Waals surface area contributed by atoms with Crippen molar-refractivity contribution in [2.24, 2.45) is 0 Å². The van der Waals surface area contributed by atoms with Crippen molar-refractivity contribution in [1.29, 1.82) is 0 Å². The summed E-state index contributed by atoms with van der Waals surface area (Å²) in [5.74, 6) is 1.40. The van der Waals surface area contributed by atoms with Crippen LogP contribution in [0.15, 0.2) is 85.1 Å². The van der Waals surface area contributed by atoms with E-state index in [1.807, 2.05) is 66.7 Å². The summed E-state index contributed by atoms with van der Waals surface area (Å²) in [6, 6.07) is 26.0. The van der Waals surface area contributed by atoms with E-state index in [0.717, 1.165) is 43.8 Å². The lowest BCUT2D eigenvalue weighted by atomic mass is 10.1. The van der Waals surface area contributed by atoms with E-state index in [9.17, 15) is 0 Å². The van der Waals surface area contributed by atoms with Crippen LogP contribution in [-0.2, 0) is 6.54 Å². The molecule has 0 unspecified atom stereocenters. The zero-order chi connectivity index (χ0) is 19.6. The first kappa shape index (κ1) is 17.6. The molecular weight excluding hydrogens is 380 g/mol. The average molecular weight is 397 g/mol. The maximum Gasteiger partial charge on any atom is 0.181 e. The van der Waals surface area contributed by atoms with Gasteiger partial charge in [0.25, 0.3) is 0 Å². The van der Waals surface area contributed by atoms with Gasteiger partial charge in [0.05, 0.1) is 5.52 Å². The molecule has 1 N–H and O–H groups in total. The fourth-order valence-electron chi connectivity index (χ4n) is 3.40. The van der Waals surface area contributed by atoms with Crippen molar-refractivity contribution in [3.8, 4) is 11.5 Å². The van der Waals surface area contributed by atoms with Crippen LogP contribution in [0.5, 0.6) is 0 Å². The third-order valence-corrected chi connectivity index (χ3v) is 5.11. The predicted molar refractivity (Wildman–Crippen MR) is 119 cm³/mol. The van der Waals surface area contributed by atoms with Crippen molar-refractivity contribution in [3.63, 3.8) is 0 Å². The molecule has 0 aliphatic rings. The lowest BCUT2D eigenvalue weighted by Crippen LogP contribution is -2.04. The molecule has 3 aromatic carbocycles. The first-order chi connectivity index (χ1) is 14.3. The molecule has 0 amide bonds. The molecule has 2 aromatic heterocycles. The smallest absolute Gasteiger partial charge is 0.181 e. The Balaban J connectivity index is 1.61. The van der Waals surface area contributed by atoms with Gasteiger partial charge in [-0.3, -0.25) is 4.98 Å². The molecule has 0 aliphatic heterocycles. The Labute approximate surface area is 173 Å². The number of aromatic nitrogens is 3. The zero-order valence-electron chi connectivity index (χ0n) is 15.5. The molecule has 5 aromatic rings. The van der Waals surface area contributed by atoms with Gasteiger partial charge >= 0.3 is 0 Å². The Hall–Kier alpha value is -3.50. The summed E-state index contributed by atoms with van der Waals surface area (Å²) in [5.41, 5.74) is 2.79. The monoisotopic (exact) mass is 396 g/mol. The van der Waals surface area contributed by atoms with Crippen molar-refractivity contribution < 1.29 is 0 Å². The molecular formula is C24H17ClN4. The minimum Gasteiger partial charge on any atom is -0.365 e. The number of fused-ring (bicyclic) bond motifs is 2. The summed E-state index contributed by atoms with van der Waals surface area (Å²) in [4.78, 5) is 14.2. The van der Waals surface area contributed by atoms with E-state index in [-0.39, 0.29) is 0 Å². The molecule has 5 heteroatoms. The standard InChI is InChI=1S/C24H17ClN4/c25-18-11-9-16(10-12-18)15-27-23-20-7-3-4-8-21(20)28-24(29-23)22-19-6-2-1-5-17(19)13-14-26-22/h1-14H,15H2,(H,27,28,29). The zero-order valence-corrected chi connectivity index (χ0v) is 16.3. The molecule has 0 saturated heterocycles. The molecule has 2 heterocycles. The van der Waals surface area contributed by atoms with Gasteiger partial charge in [0, 0.05) is 28.5 Å². The van der Waals surface area contributed by atoms with Crippen LogP contribution in [0.25, 0.3) is 33.2 Å². The number of hydrogen-bond acceptors (Lipinski definition) is 4. The minimum atomic E-state index is 0.610. The Morgan fingerprint density at radius 3 is 2.38 bits per heavy atom. The first-order valence-electron chi connectivity index (χ1n) is 9.37. The lowest BCUT2D eigenvalue weighted by Gasteiger charge is -2.12. The fourth-order valence-corrected chi connectivity index (χ4v) is 3.53. The van der Waals surface area contributed by atoms with Crippen LogP contribution in [0, 0.1) is 0 Å². The van der Waals surface area contributed by atoms with Crippen LogP contribution >= 0.6 is 11.6 Å². The molecule has 29 heavy (non-hydrogen) atoms. The van der Waals surface area contributed by atoms with Crippen LogP contribution in [0.2, 0.25) is 5.02 Å². The van der Waals surface area contributed by atoms with Gasteiger partial charge in [-0.15, -0.1) is 0 Å². The van der Waals surface area contributed by atoms with Crippen LogP contribution in [-0.4, -0.2) is 15.0 Å². The Kier molecular flexibility index (Phi) is 4.54. The maximum absolute atomic E-state index is 6.00. The predicted octanol–water partition coefficient (Wildman–Crippen LogP) is 6.11. The van der Waals surface area contributed by atoms with Gasteiger partial charge in [-0.2, -0.15) is 0 Å². The summed E-state index contributed by atoms with van der Waals surface area (Å²) in [6.45, 7) is 0.639. The van der Waals surface area contributed by atoms with Gasteiger partial charge < -0.3 is 5.32 Å². The first-order valence-corrected chi connectivity index (χ1v) is 9.75. The quantitative estimate of drug-likeness (QED) is 0.398. The van der Waals surface area contributed by atoms with E-state index in [1.165, 1.54) is 0 Å². The van der Waals surface area contributed by atoms with Crippen LogP contribution in [0.4, 0.5) is 5.82 Å². The topological polar surface area (TPSA) is 50.7 Å². The highest BCUT2D eigenvalue weighted by Gasteiger charge is 2.12. The van der Waals surface area contributed by atoms with E-state index >= 15 is 0 Å². The molecule has 140 valence electrons. The number of para-hydroxylation sites is 1. The molecule has 0 spiro atoms. The molecule has 5 rings (SSSR count). The largest absolute Gasteiger partial charge is 0.365 e.